The molecule has 0 amide bonds. The van der Waals surface area contributed by atoms with Gasteiger partial charge in [0, 0.05) is 35.4 Å². The predicted molar refractivity (Wildman–Crippen MR) is 80.9 cm³/mol. The molecule has 0 aliphatic carbocycles. The van der Waals surface area contributed by atoms with Gasteiger partial charge in [0.05, 0.1) is 0 Å². The Morgan fingerprint density at radius 1 is 0.889 bits per heavy atom. The highest BCUT2D eigenvalue weighted by Crippen LogP contribution is 2.15. The van der Waals surface area contributed by atoms with Crippen LogP contribution < -0.4 is 4.90 Å². The van der Waals surface area contributed by atoms with Crippen molar-refractivity contribution in [3.05, 3.63) is 64.1 Å². The summed E-state index contributed by atoms with van der Waals surface area (Å²) in [6, 6.07) is 16.2. The van der Waals surface area contributed by atoms with Crippen LogP contribution in [0.4, 0.5) is 5.69 Å². The molecule has 0 unspecified atom stereocenters. The van der Waals surface area contributed by atoms with Gasteiger partial charge in [-0.3, -0.25) is 0 Å². The van der Waals surface area contributed by atoms with Crippen LogP contribution in [0, 0.1) is 11.8 Å². The van der Waals surface area contributed by atoms with Gasteiger partial charge in [-0.2, -0.15) is 0 Å². The molecule has 0 saturated heterocycles. The van der Waals surface area contributed by atoms with Crippen LogP contribution in [0.25, 0.3) is 0 Å². The third-order valence-electron chi connectivity index (χ3n) is 2.60. The SMILES string of the molecule is CN(C)c1ccc(C#Cc2ccccc2Br)cc1. The Bertz CT molecular complexity index is 588. The van der Waals surface area contributed by atoms with Crippen molar-refractivity contribution in [1.82, 2.24) is 0 Å². The molecule has 0 spiro atoms. The van der Waals surface area contributed by atoms with E-state index in [-0.39, 0.29) is 0 Å². The quantitative estimate of drug-likeness (QED) is 0.722. The summed E-state index contributed by atoms with van der Waals surface area (Å²) >= 11 is 3.49. The highest BCUT2D eigenvalue weighted by Gasteiger charge is 1.95. The van der Waals surface area contributed by atoms with Crippen LogP contribution in [0.1, 0.15) is 11.1 Å². The second-order valence-corrected chi connectivity index (χ2v) is 5.03. The Kier molecular flexibility index (Phi) is 4.07. The first-order chi connectivity index (χ1) is 8.66. The first-order valence-corrected chi connectivity index (χ1v) is 6.50. The highest BCUT2D eigenvalue weighted by molar-refractivity contribution is 9.10. The van der Waals surface area contributed by atoms with Crippen molar-refractivity contribution in [1.29, 1.82) is 0 Å². The van der Waals surface area contributed by atoms with Crippen molar-refractivity contribution >= 4 is 21.6 Å². The van der Waals surface area contributed by atoms with E-state index >= 15 is 0 Å². The summed E-state index contributed by atoms with van der Waals surface area (Å²) in [5, 5.41) is 0. The highest BCUT2D eigenvalue weighted by atomic mass is 79.9. The van der Waals surface area contributed by atoms with E-state index in [2.05, 4.69) is 44.8 Å². The zero-order valence-electron chi connectivity index (χ0n) is 10.4. The molecule has 18 heavy (non-hydrogen) atoms. The third-order valence-corrected chi connectivity index (χ3v) is 3.29. The molecule has 0 radical (unpaired) electrons. The Morgan fingerprint density at radius 2 is 1.56 bits per heavy atom. The molecule has 2 aromatic rings. The van der Waals surface area contributed by atoms with Crippen LogP contribution in [-0.2, 0) is 0 Å². The van der Waals surface area contributed by atoms with Gasteiger partial charge in [-0.1, -0.05) is 24.0 Å². The van der Waals surface area contributed by atoms with E-state index in [4.69, 9.17) is 0 Å². The van der Waals surface area contributed by atoms with Gasteiger partial charge in [0.25, 0.3) is 0 Å². The van der Waals surface area contributed by atoms with Gasteiger partial charge < -0.3 is 4.90 Å². The van der Waals surface area contributed by atoms with E-state index in [1.165, 1.54) is 5.69 Å². The Labute approximate surface area is 117 Å². The Morgan fingerprint density at radius 3 is 2.17 bits per heavy atom. The van der Waals surface area contributed by atoms with Crippen molar-refractivity contribution in [2.75, 3.05) is 19.0 Å². The van der Waals surface area contributed by atoms with Gasteiger partial charge in [0.2, 0.25) is 0 Å². The molecule has 0 heterocycles. The molecule has 90 valence electrons. The molecular formula is C16H14BrN. The number of benzene rings is 2. The summed E-state index contributed by atoms with van der Waals surface area (Å²) in [5.41, 5.74) is 3.21. The minimum atomic E-state index is 1.01. The second-order valence-electron chi connectivity index (χ2n) is 4.17. The van der Waals surface area contributed by atoms with E-state index in [0.717, 1.165) is 15.6 Å². The molecule has 1 nitrogen and oxygen atoms in total. The fourth-order valence-corrected chi connectivity index (χ4v) is 1.93. The second kappa shape index (κ2) is 5.75. The summed E-state index contributed by atoms with van der Waals surface area (Å²) in [4.78, 5) is 2.07. The lowest BCUT2D eigenvalue weighted by molar-refractivity contribution is 1.13. The fourth-order valence-electron chi connectivity index (χ4n) is 1.54. The van der Waals surface area contributed by atoms with Crippen LogP contribution in [0.2, 0.25) is 0 Å². The van der Waals surface area contributed by atoms with Crippen LogP contribution in [0.3, 0.4) is 0 Å². The predicted octanol–water partition coefficient (Wildman–Crippen LogP) is 3.91. The summed E-state index contributed by atoms with van der Waals surface area (Å²) in [7, 11) is 4.06. The lowest BCUT2D eigenvalue weighted by atomic mass is 10.1. The smallest absolute Gasteiger partial charge is 0.0391 e. The van der Waals surface area contributed by atoms with Crippen LogP contribution in [-0.4, -0.2) is 14.1 Å². The molecule has 2 rings (SSSR count). The molecule has 0 saturated carbocycles. The maximum absolute atomic E-state index is 3.49. The maximum atomic E-state index is 3.49. The zero-order chi connectivity index (χ0) is 13.0. The van der Waals surface area contributed by atoms with Gasteiger partial charge >= 0.3 is 0 Å². The summed E-state index contributed by atoms with van der Waals surface area (Å²) < 4.78 is 1.03. The van der Waals surface area contributed by atoms with Crippen LogP contribution in [0.5, 0.6) is 0 Å². The maximum Gasteiger partial charge on any atom is 0.0391 e. The van der Waals surface area contributed by atoms with E-state index in [9.17, 15) is 0 Å². The number of anilines is 1. The van der Waals surface area contributed by atoms with Gasteiger partial charge in [0.15, 0.2) is 0 Å². The van der Waals surface area contributed by atoms with Crippen LogP contribution >= 0.6 is 15.9 Å². The normalized spacial score (nSPS) is 9.50. The molecular weight excluding hydrogens is 286 g/mol. The molecule has 2 aromatic carbocycles. The number of hydrogen-bond acceptors (Lipinski definition) is 1. The lowest BCUT2D eigenvalue weighted by Gasteiger charge is -2.11. The van der Waals surface area contributed by atoms with E-state index in [1.807, 2.05) is 50.5 Å². The first-order valence-electron chi connectivity index (χ1n) is 5.71. The van der Waals surface area contributed by atoms with Gasteiger partial charge in [-0.05, 0) is 52.3 Å². The average molecular weight is 300 g/mol. The summed E-state index contributed by atoms with van der Waals surface area (Å²) in [5.74, 6) is 6.34. The fraction of sp³-hybridized carbons (Fsp3) is 0.125. The van der Waals surface area contributed by atoms with Crippen molar-refractivity contribution in [3.8, 4) is 11.8 Å². The molecule has 2 heteroatoms. The monoisotopic (exact) mass is 299 g/mol. The number of rotatable bonds is 1. The standard InChI is InChI=1S/C16H14BrN/c1-18(2)15-11-8-13(9-12-15)7-10-14-5-3-4-6-16(14)17/h3-6,8-9,11-12H,1-2H3. The molecule has 0 bridgehead atoms. The molecule has 0 aromatic heterocycles. The minimum Gasteiger partial charge on any atom is -0.378 e. The summed E-state index contributed by atoms with van der Waals surface area (Å²) in [6.07, 6.45) is 0. The van der Waals surface area contributed by atoms with Crippen molar-refractivity contribution < 1.29 is 0 Å². The van der Waals surface area contributed by atoms with Crippen molar-refractivity contribution in [2.24, 2.45) is 0 Å². The average Bonchev–Trinajstić information content (AvgIpc) is 2.38. The number of hydrogen-bond donors (Lipinski definition) is 0. The number of halogens is 1. The van der Waals surface area contributed by atoms with E-state index in [1.54, 1.807) is 0 Å². The lowest BCUT2D eigenvalue weighted by Crippen LogP contribution is -2.07. The van der Waals surface area contributed by atoms with E-state index in [0.29, 0.717) is 0 Å². The Hall–Kier alpha value is -1.72. The molecule has 0 aliphatic heterocycles. The van der Waals surface area contributed by atoms with E-state index < -0.39 is 0 Å². The minimum absolute atomic E-state index is 1.01. The zero-order valence-corrected chi connectivity index (χ0v) is 12.0. The molecule has 0 aliphatic rings. The van der Waals surface area contributed by atoms with Crippen molar-refractivity contribution in [3.63, 3.8) is 0 Å². The van der Waals surface area contributed by atoms with Crippen molar-refractivity contribution in [2.45, 2.75) is 0 Å². The van der Waals surface area contributed by atoms with Gasteiger partial charge in [-0.25, -0.2) is 0 Å². The third kappa shape index (κ3) is 3.15. The number of nitrogens with zero attached hydrogens (tertiary/aromatic N) is 1. The molecule has 0 N–H and O–H groups in total. The Balaban J connectivity index is 2.23. The van der Waals surface area contributed by atoms with Gasteiger partial charge in [0.1, 0.15) is 0 Å². The molecule has 0 atom stereocenters. The largest absolute Gasteiger partial charge is 0.378 e. The topological polar surface area (TPSA) is 3.24 Å². The molecule has 0 fully saturated rings. The van der Waals surface area contributed by atoms with Crippen LogP contribution in [0.15, 0.2) is 53.0 Å². The summed E-state index contributed by atoms with van der Waals surface area (Å²) in [6.45, 7) is 0. The van der Waals surface area contributed by atoms with Gasteiger partial charge in [-0.15, -0.1) is 0 Å². The first kappa shape index (κ1) is 12.7.